The largest absolute Gasteiger partial charge is 0.351 e. The second kappa shape index (κ2) is 6.36. The normalized spacial score (nSPS) is 12.1. The maximum absolute atomic E-state index is 12.2. The first-order chi connectivity index (χ1) is 8.81. The predicted octanol–water partition coefficient (Wildman–Crippen LogP) is 3.56. The molecule has 0 saturated carbocycles. The maximum atomic E-state index is 12.2. The van der Waals surface area contributed by atoms with Crippen molar-refractivity contribution in [1.82, 2.24) is 5.32 Å². The number of hydrogen-bond donors (Lipinski definition) is 1. The van der Waals surface area contributed by atoms with Crippen LogP contribution in [0.1, 0.15) is 29.7 Å². The van der Waals surface area contributed by atoms with Crippen molar-refractivity contribution in [3.8, 4) is 0 Å². The summed E-state index contributed by atoms with van der Waals surface area (Å²) >= 11 is 1.67. The molecule has 2 nitrogen and oxygen atoms in total. The van der Waals surface area contributed by atoms with Crippen LogP contribution in [0.5, 0.6) is 0 Å². The van der Waals surface area contributed by atoms with Gasteiger partial charge in [-0.3, -0.25) is 4.79 Å². The summed E-state index contributed by atoms with van der Waals surface area (Å²) in [5.41, 5.74) is 1.09. The van der Waals surface area contributed by atoms with E-state index in [1.807, 2.05) is 54.8 Å². The molecule has 0 unspecified atom stereocenters. The SMILES string of the molecule is CC[C@H](C(=O)NCc1cccs1)c1ccccc1. The van der Waals surface area contributed by atoms with Crippen LogP contribution in [-0.2, 0) is 11.3 Å². The predicted molar refractivity (Wildman–Crippen MR) is 75.6 cm³/mol. The number of amides is 1. The summed E-state index contributed by atoms with van der Waals surface area (Å²) < 4.78 is 0. The Bertz CT molecular complexity index is 478. The highest BCUT2D eigenvalue weighted by Crippen LogP contribution is 2.19. The van der Waals surface area contributed by atoms with Crippen molar-refractivity contribution in [2.24, 2.45) is 0 Å². The lowest BCUT2D eigenvalue weighted by molar-refractivity contribution is -0.122. The Hall–Kier alpha value is -1.61. The molecule has 18 heavy (non-hydrogen) atoms. The molecule has 1 amide bonds. The van der Waals surface area contributed by atoms with Gasteiger partial charge in [-0.25, -0.2) is 0 Å². The van der Waals surface area contributed by atoms with E-state index in [0.29, 0.717) is 6.54 Å². The first-order valence-electron chi connectivity index (χ1n) is 6.16. The zero-order valence-electron chi connectivity index (χ0n) is 10.4. The van der Waals surface area contributed by atoms with Crippen LogP contribution in [0.2, 0.25) is 0 Å². The average Bonchev–Trinajstić information content (AvgIpc) is 2.92. The van der Waals surface area contributed by atoms with Crippen molar-refractivity contribution in [2.75, 3.05) is 0 Å². The molecule has 2 rings (SSSR count). The van der Waals surface area contributed by atoms with Crippen LogP contribution < -0.4 is 5.32 Å². The van der Waals surface area contributed by atoms with Gasteiger partial charge >= 0.3 is 0 Å². The molecular weight excluding hydrogens is 242 g/mol. The first kappa shape index (κ1) is 12.8. The summed E-state index contributed by atoms with van der Waals surface area (Å²) in [4.78, 5) is 13.3. The minimum Gasteiger partial charge on any atom is -0.351 e. The monoisotopic (exact) mass is 259 g/mol. The number of hydrogen-bond acceptors (Lipinski definition) is 2. The lowest BCUT2D eigenvalue weighted by atomic mass is 9.96. The second-order valence-corrected chi connectivity index (χ2v) is 5.20. The number of thiophene rings is 1. The fraction of sp³-hybridized carbons (Fsp3) is 0.267. The van der Waals surface area contributed by atoms with Crippen molar-refractivity contribution in [1.29, 1.82) is 0 Å². The Balaban J connectivity index is 1.98. The van der Waals surface area contributed by atoms with Gasteiger partial charge in [-0.15, -0.1) is 11.3 Å². The molecule has 0 bridgehead atoms. The van der Waals surface area contributed by atoms with Crippen LogP contribution in [0.4, 0.5) is 0 Å². The van der Waals surface area contributed by atoms with Crippen LogP contribution in [-0.4, -0.2) is 5.91 Å². The molecule has 0 saturated heterocycles. The highest BCUT2D eigenvalue weighted by Gasteiger charge is 2.17. The van der Waals surface area contributed by atoms with Crippen LogP contribution in [0.25, 0.3) is 0 Å². The van der Waals surface area contributed by atoms with Gasteiger partial charge in [0.15, 0.2) is 0 Å². The van der Waals surface area contributed by atoms with Gasteiger partial charge < -0.3 is 5.32 Å². The molecule has 0 aliphatic carbocycles. The molecule has 0 aliphatic heterocycles. The molecule has 94 valence electrons. The smallest absolute Gasteiger partial charge is 0.227 e. The van der Waals surface area contributed by atoms with Crippen molar-refractivity contribution in [3.63, 3.8) is 0 Å². The van der Waals surface area contributed by atoms with Gasteiger partial charge in [0, 0.05) is 4.88 Å². The molecule has 1 N–H and O–H groups in total. The first-order valence-corrected chi connectivity index (χ1v) is 7.04. The van der Waals surface area contributed by atoms with Crippen LogP contribution in [0.15, 0.2) is 47.8 Å². The molecule has 1 atom stereocenters. The van der Waals surface area contributed by atoms with E-state index in [4.69, 9.17) is 0 Å². The summed E-state index contributed by atoms with van der Waals surface area (Å²) in [6, 6.07) is 14.0. The number of benzene rings is 1. The lowest BCUT2D eigenvalue weighted by Crippen LogP contribution is -2.28. The van der Waals surface area contributed by atoms with Gasteiger partial charge in [-0.1, -0.05) is 43.3 Å². The van der Waals surface area contributed by atoms with E-state index in [0.717, 1.165) is 12.0 Å². The number of carbonyl (C=O) groups is 1. The Morgan fingerprint density at radius 3 is 2.61 bits per heavy atom. The molecular formula is C15H17NOS. The summed E-state index contributed by atoms with van der Waals surface area (Å²) in [6.45, 7) is 2.67. The van der Waals surface area contributed by atoms with E-state index < -0.39 is 0 Å². The van der Waals surface area contributed by atoms with E-state index in [9.17, 15) is 4.79 Å². The fourth-order valence-electron chi connectivity index (χ4n) is 1.97. The quantitative estimate of drug-likeness (QED) is 0.874. The summed E-state index contributed by atoms with van der Waals surface area (Å²) in [5.74, 6) is 0.0586. The van der Waals surface area contributed by atoms with Crippen molar-refractivity contribution in [3.05, 3.63) is 58.3 Å². The third-order valence-electron chi connectivity index (χ3n) is 2.94. The van der Waals surface area contributed by atoms with Gasteiger partial charge in [0.05, 0.1) is 12.5 Å². The average molecular weight is 259 g/mol. The summed E-state index contributed by atoms with van der Waals surface area (Å²) in [7, 11) is 0. The van der Waals surface area contributed by atoms with Gasteiger partial charge in [0.1, 0.15) is 0 Å². The van der Waals surface area contributed by atoms with Gasteiger partial charge in [-0.2, -0.15) is 0 Å². The lowest BCUT2D eigenvalue weighted by Gasteiger charge is -2.14. The molecule has 1 aromatic carbocycles. The zero-order valence-corrected chi connectivity index (χ0v) is 11.2. The molecule has 1 aromatic heterocycles. The zero-order chi connectivity index (χ0) is 12.8. The highest BCUT2D eigenvalue weighted by atomic mass is 32.1. The van der Waals surface area contributed by atoms with Crippen LogP contribution in [0.3, 0.4) is 0 Å². The second-order valence-electron chi connectivity index (χ2n) is 4.17. The van der Waals surface area contributed by atoms with E-state index in [2.05, 4.69) is 5.32 Å². The molecule has 0 aliphatic rings. The van der Waals surface area contributed by atoms with Gasteiger partial charge in [0.2, 0.25) is 5.91 Å². The van der Waals surface area contributed by atoms with E-state index in [-0.39, 0.29) is 11.8 Å². The minimum absolute atomic E-state index is 0.0498. The molecule has 1 heterocycles. The third-order valence-corrected chi connectivity index (χ3v) is 3.82. The summed E-state index contributed by atoms with van der Waals surface area (Å²) in [6.07, 6.45) is 0.820. The molecule has 3 heteroatoms. The van der Waals surface area contributed by atoms with Gasteiger partial charge in [-0.05, 0) is 23.4 Å². The van der Waals surface area contributed by atoms with Crippen molar-refractivity contribution in [2.45, 2.75) is 25.8 Å². The van der Waals surface area contributed by atoms with Crippen molar-refractivity contribution < 1.29 is 4.79 Å². The van der Waals surface area contributed by atoms with E-state index >= 15 is 0 Å². The van der Waals surface area contributed by atoms with Gasteiger partial charge in [0.25, 0.3) is 0 Å². The molecule has 0 fully saturated rings. The van der Waals surface area contributed by atoms with E-state index in [1.165, 1.54) is 4.88 Å². The van der Waals surface area contributed by atoms with Crippen molar-refractivity contribution >= 4 is 17.2 Å². The maximum Gasteiger partial charge on any atom is 0.227 e. The number of carbonyl (C=O) groups excluding carboxylic acids is 1. The Labute approximate surface area is 112 Å². The number of rotatable bonds is 5. The minimum atomic E-state index is -0.0498. The Kier molecular flexibility index (Phi) is 4.53. The third kappa shape index (κ3) is 3.20. The molecule has 0 spiro atoms. The molecule has 0 radical (unpaired) electrons. The highest BCUT2D eigenvalue weighted by molar-refractivity contribution is 7.09. The van der Waals surface area contributed by atoms with Crippen LogP contribution >= 0.6 is 11.3 Å². The standard InChI is InChI=1S/C15H17NOS/c1-2-14(12-7-4-3-5-8-12)15(17)16-11-13-9-6-10-18-13/h3-10,14H,2,11H2,1H3,(H,16,17)/t14-/m0/s1. The Morgan fingerprint density at radius 1 is 1.22 bits per heavy atom. The number of nitrogens with one attached hydrogen (secondary N) is 1. The van der Waals surface area contributed by atoms with E-state index in [1.54, 1.807) is 11.3 Å². The Morgan fingerprint density at radius 2 is 2.00 bits per heavy atom. The molecule has 2 aromatic rings. The summed E-state index contributed by atoms with van der Waals surface area (Å²) in [5, 5.41) is 5.03. The topological polar surface area (TPSA) is 29.1 Å². The fourth-order valence-corrected chi connectivity index (χ4v) is 2.61. The van der Waals surface area contributed by atoms with Crippen LogP contribution in [0, 0.1) is 0 Å².